The Bertz CT molecular complexity index is 1850. The summed E-state index contributed by atoms with van der Waals surface area (Å²) in [6.45, 7) is 4.57. The normalized spacial score (nSPS) is 13.6. The molecule has 39 heavy (non-hydrogen) atoms. The number of hydrogen-bond donors (Lipinski definition) is 1. The fraction of sp³-hybridized carbons (Fsp3) is 0.0857. The lowest BCUT2D eigenvalue weighted by Gasteiger charge is -2.42. The zero-order chi connectivity index (χ0) is 26.6. The van der Waals surface area contributed by atoms with Crippen molar-refractivity contribution in [1.82, 2.24) is 9.97 Å². The van der Waals surface area contributed by atoms with Crippen LogP contribution in [0.2, 0.25) is 0 Å². The third-order valence-electron chi connectivity index (χ3n) is 7.80. The summed E-state index contributed by atoms with van der Waals surface area (Å²) in [5, 5.41) is 11.4. The summed E-state index contributed by atoms with van der Waals surface area (Å²) in [6, 6.07) is 39.3. The van der Waals surface area contributed by atoms with Gasteiger partial charge >= 0.3 is 0 Å². The van der Waals surface area contributed by atoms with Crippen molar-refractivity contribution in [2.45, 2.75) is 19.3 Å². The molecule has 1 N–H and O–H groups in total. The topological polar surface area (TPSA) is 49.2 Å². The van der Waals surface area contributed by atoms with Crippen molar-refractivity contribution in [2.75, 3.05) is 4.90 Å². The lowest BCUT2D eigenvalue weighted by molar-refractivity contribution is 0.480. The van der Waals surface area contributed by atoms with E-state index in [2.05, 4.69) is 85.5 Å². The molecule has 0 aliphatic carbocycles. The van der Waals surface area contributed by atoms with E-state index in [1.807, 2.05) is 48.7 Å². The van der Waals surface area contributed by atoms with Gasteiger partial charge in [-0.2, -0.15) is 0 Å². The van der Waals surface area contributed by atoms with Gasteiger partial charge in [0.25, 0.3) is 0 Å². The van der Waals surface area contributed by atoms with Gasteiger partial charge in [0.05, 0.1) is 17.1 Å². The van der Waals surface area contributed by atoms with Crippen LogP contribution in [0, 0.1) is 0 Å². The van der Waals surface area contributed by atoms with E-state index in [1.54, 1.807) is 6.07 Å². The Labute approximate surface area is 227 Å². The minimum atomic E-state index is -0.223. The van der Waals surface area contributed by atoms with Crippen LogP contribution in [0.25, 0.3) is 33.3 Å². The molecule has 3 heterocycles. The van der Waals surface area contributed by atoms with Crippen molar-refractivity contribution in [3.05, 3.63) is 133 Å². The smallest absolute Gasteiger partial charge is 0.141 e. The molecule has 0 unspecified atom stereocenters. The van der Waals surface area contributed by atoms with E-state index in [0.29, 0.717) is 5.52 Å². The van der Waals surface area contributed by atoms with Crippen LogP contribution in [0.4, 0.5) is 17.2 Å². The van der Waals surface area contributed by atoms with Gasteiger partial charge in [0.15, 0.2) is 0 Å². The van der Waals surface area contributed by atoms with Crippen molar-refractivity contribution < 1.29 is 5.11 Å². The maximum absolute atomic E-state index is 10.4. The third kappa shape index (κ3) is 3.76. The van der Waals surface area contributed by atoms with Gasteiger partial charge in [0.2, 0.25) is 0 Å². The van der Waals surface area contributed by atoms with Crippen molar-refractivity contribution in [3.8, 4) is 28.1 Å². The third-order valence-corrected chi connectivity index (χ3v) is 7.80. The first-order chi connectivity index (χ1) is 19.0. The van der Waals surface area contributed by atoms with Crippen molar-refractivity contribution in [3.63, 3.8) is 0 Å². The van der Waals surface area contributed by atoms with E-state index < -0.39 is 0 Å². The number of hydrogen-bond acceptors (Lipinski definition) is 4. The number of pyridine rings is 2. The molecule has 0 saturated heterocycles. The number of nitrogens with zero attached hydrogens (tertiary/aromatic N) is 3. The van der Waals surface area contributed by atoms with E-state index >= 15 is 0 Å². The van der Waals surface area contributed by atoms with Gasteiger partial charge in [0.1, 0.15) is 17.1 Å². The summed E-state index contributed by atoms with van der Waals surface area (Å²) in [6.07, 6.45) is 1.84. The number of benzene rings is 4. The number of phenolic OH excluding ortho intramolecular Hbond substituents is 1. The van der Waals surface area contributed by atoms with Crippen LogP contribution in [0.1, 0.15) is 25.0 Å². The summed E-state index contributed by atoms with van der Waals surface area (Å²) < 4.78 is 0. The molecular weight excluding hydrogens is 478 g/mol. The van der Waals surface area contributed by atoms with Gasteiger partial charge in [-0.25, -0.2) is 9.97 Å². The number of aromatic nitrogens is 2. The van der Waals surface area contributed by atoms with E-state index in [9.17, 15) is 5.11 Å². The molecule has 1 aliphatic heterocycles. The van der Waals surface area contributed by atoms with Crippen LogP contribution in [0.5, 0.6) is 5.75 Å². The number of aromatic hydroxyl groups is 1. The zero-order valence-corrected chi connectivity index (χ0v) is 21.8. The number of anilines is 3. The molecule has 1 aliphatic rings. The Balaban J connectivity index is 1.46. The molecular formula is C35H27N3O. The van der Waals surface area contributed by atoms with E-state index in [0.717, 1.165) is 39.4 Å². The summed E-state index contributed by atoms with van der Waals surface area (Å²) in [5.41, 5.74) is 9.19. The molecule has 0 saturated carbocycles. The fourth-order valence-corrected chi connectivity index (χ4v) is 5.76. The lowest BCUT2D eigenvalue weighted by Crippen LogP contribution is -2.31. The average molecular weight is 506 g/mol. The first-order valence-corrected chi connectivity index (χ1v) is 13.2. The maximum atomic E-state index is 10.4. The molecule has 188 valence electrons. The van der Waals surface area contributed by atoms with Crippen LogP contribution < -0.4 is 4.90 Å². The molecule has 2 aromatic heterocycles. The monoisotopic (exact) mass is 505 g/mol. The van der Waals surface area contributed by atoms with E-state index in [1.165, 1.54) is 16.7 Å². The second-order valence-corrected chi connectivity index (χ2v) is 10.5. The van der Waals surface area contributed by atoms with Gasteiger partial charge < -0.3 is 5.11 Å². The van der Waals surface area contributed by atoms with Gasteiger partial charge in [-0.15, -0.1) is 0 Å². The Hall–Kier alpha value is -4.96. The Morgan fingerprint density at radius 3 is 2.10 bits per heavy atom. The zero-order valence-electron chi connectivity index (χ0n) is 21.8. The van der Waals surface area contributed by atoms with Crippen LogP contribution in [-0.2, 0) is 5.41 Å². The molecule has 0 radical (unpaired) electrons. The largest absolute Gasteiger partial charge is 0.506 e. The molecule has 6 aromatic rings. The number of para-hydroxylation sites is 1. The highest BCUT2D eigenvalue weighted by molar-refractivity contribution is 5.90. The van der Waals surface area contributed by atoms with Gasteiger partial charge in [-0.1, -0.05) is 92.7 Å². The number of rotatable bonds is 3. The summed E-state index contributed by atoms with van der Waals surface area (Å²) in [7, 11) is 0. The molecule has 0 bridgehead atoms. The molecule has 4 aromatic carbocycles. The highest BCUT2D eigenvalue weighted by Gasteiger charge is 2.37. The second kappa shape index (κ2) is 8.81. The first-order valence-electron chi connectivity index (χ1n) is 13.2. The molecule has 0 fully saturated rings. The van der Waals surface area contributed by atoms with Crippen molar-refractivity contribution >= 4 is 28.1 Å². The van der Waals surface area contributed by atoms with Crippen LogP contribution in [0.3, 0.4) is 0 Å². The second-order valence-electron chi connectivity index (χ2n) is 10.5. The summed E-state index contributed by atoms with van der Waals surface area (Å²) >= 11 is 0. The highest BCUT2D eigenvalue weighted by atomic mass is 16.3. The highest BCUT2D eigenvalue weighted by Crippen LogP contribution is 2.53. The minimum Gasteiger partial charge on any atom is -0.506 e. The van der Waals surface area contributed by atoms with Crippen molar-refractivity contribution in [2.24, 2.45) is 0 Å². The van der Waals surface area contributed by atoms with Gasteiger partial charge in [-0.3, -0.25) is 4.90 Å². The molecule has 0 spiro atoms. The predicted octanol–water partition coefficient (Wildman–Crippen LogP) is 8.78. The van der Waals surface area contributed by atoms with Crippen molar-refractivity contribution in [1.29, 1.82) is 0 Å². The summed E-state index contributed by atoms with van der Waals surface area (Å²) in [4.78, 5) is 11.9. The molecule has 4 heteroatoms. The van der Waals surface area contributed by atoms with Crippen LogP contribution in [-0.4, -0.2) is 15.1 Å². The SMILES string of the molecule is CC1(C)c2ccc(-c3ccccc3)cc2N(c2ccccn2)c2cc(-c3ccc4cccc(O)c4n3)ccc21. The Morgan fingerprint density at radius 1 is 0.641 bits per heavy atom. The van der Waals surface area contributed by atoms with Gasteiger partial charge in [-0.05, 0) is 58.7 Å². The number of fused-ring (bicyclic) bond motifs is 3. The first kappa shape index (κ1) is 23.2. The average Bonchev–Trinajstić information content (AvgIpc) is 2.98. The van der Waals surface area contributed by atoms with E-state index in [4.69, 9.17) is 9.97 Å². The maximum Gasteiger partial charge on any atom is 0.141 e. The predicted molar refractivity (Wildman–Crippen MR) is 159 cm³/mol. The quantitative estimate of drug-likeness (QED) is 0.261. The summed E-state index contributed by atoms with van der Waals surface area (Å²) in [5.74, 6) is 1.05. The molecule has 0 amide bonds. The molecule has 7 rings (SSSR count). The number of phenols is 1. The molecule has 0 atom stereocenters. The lowest BCUT2D eigenvalue weighted by atomic mass is 9.73. The van der Waals surface area contributed by atoms with E-state index in [-0.39, 0.29) is 11.2 Å². The van der Waals surface area contributed by atoms with Crippen LogP contribution in [0.15, 0.2) is 121 Å². The Morgan fingerprint density at radius 2 is 1.36 bits per heavy atom. The molecule has 4 nitrogen and oxygen atoms in total. The van der Waals surface area contributed by atoms with Gasteiger partial charge in [0, 0.05) is 22.6 Å². The standard InChI is InChI=1S/C35H27N3O/c1-35(2)27-17-14-25(23-9-4-3-5-10-23)21-30(27)38(33-13-6-7-20-36-33)31-22-26(15-18-28(31)35)29-19-16-24-11-8-12-32(39)34(24)37-29/h3-22,39H,1-2H3. The van der Waals surface area contributed by atoms with Crippen LogP contribution >= 0.6 is 0 Å². The fourth-order valence-electron chi connectivity index (χ4n) is 5.76. The minimum absolute atomic E-state index is 0.186. The Kier molecular flexibility index (Phi) is 5.24.